The Morgan fingerprint density at radius 2 is 1.22 bits per heavy atom. The van der Waals surface area contributed by atoms with E-state index in [1.165, 1.54) is 0 Å². The van der Waals surface area contributed by atoms with Crippen LogP contribution in [0.1, 0.15) is 11.1 Å². The number of aryl methyl sites for hydroxylation is 2. The van der Waals surface area contributed by atoms with E-state index in [2.05, 4.69) is 13.2 Å². The largest absolute Gasteiger partial charge is 0.489 e. The van der Waals surface area contributed by atoms with Crippen molar-refractivity contribution in [3.05, 3.63) is 85.0 Å². The minimum Gasteiger partial charge on any atom is -0.489 e. The number of rotatable bonds is 8. The SMILES string of the molecule is C=CC=CCOc1cc2c(cc1C)oc1cc(C)c(OCC=CC=C)cc12. The molecule has 1 aromatic heterocycles. The summed E-state index contributed by atoms with van der Waals surface area (Å²) < 4.78 is 17.8. The number of benzene rings is 2. The minimum absolute atomic E-state index is 0.497. The number of hydrogen-bond acceptors (Lipinski definition) is 3. The van der Waals surface area contributed by atoms with E-state index < -0.39 is 0 Å². The van der Waals surface area contributed by atoms with Crippen LogP contribution in [0.3, 0.4) is 0 Å². The zero-order valence-electron chi connectivity index (χ0n) is 15.8. The predicted octanol–water partition coefficient (Wildman–Crippen LogP) is 6.44. The van der Waals surface area contributed by atoms with E-state index in [0.717, 1.165) is 44.6 Å². The smallest absolute Gasteiger partial charge is 0.135 e. The molecule has 0 aliphatic rings. The molecule has 27 heavy (non-hydrogen) atoms. The molecule has 1 heterocycles. The van der Waals surface area contributed by atoms with Crippen LogP contribution in [-0.2, 0) is 0 Å². The fraction of sp³-hybridized carbons (Fsp3) is 0.167. The summed E-state index contributed by atoms with van der Waals surface area (Å²) in [7, 11) is 0. The first-order chi connectivity index (χ1) is 13.1. The van der Waals surface area contributed by atoms with Gasteiger partial charge in [-0.25, -0.2) is 0 Å². The molecule has 0 spiro atoms. The molecule has 0 saturated heterocycles. The number of fused-ring (bicyclic) bond motifs is 3. The maximum absolute atomic E-state index is 6.04. The molecule has 3 heteroatoms. The highest BCUT2D eigenvalue weighted by atomic mass is 16.5. The van der Waals surface area contributed by atoms with Gasteiger partial charge in [0.25, 0.3) is 0 Å². The van der Waals surface area contributed by atoms with Gasteiger partial charge in [-0.1, -0.05) is 37.5 Å². The van der Waals surface area contributed by atoms with Crippen molar-refractivity contribution >= 4 is 21.9 Å². The monoisotopic (exact) mass is 360 g/mol. The Morgan fingerprint density at radius 3 is 1.63 bits per heavy atom. The van der Waals surface area contributed by atoms with E-state index >= 15 is 0 Å². The Hall–Kier alpha value is -3.20. The molecular formula is C24H24O3. The summed E-state index contributed by atoms with van der Waals surface area (Å²) in [5.74, 6) is 1.69. The van der Waals surface area contributed by atoms with Crippen molar-refractivity contribution in [2.45, 2.75) is 13.8 Å². The highest BCUT2D eigenvalue weighted by Crippen LogP contribution is 2.36. The molecule has 3 nitrogen and oxygen atoms in total. The molecule has 0 N–H and O–H groups in total. The summed E-state index contributed by atoms with van der Waals surface area (Å²) >= 11 is 0. The average molecular weight is 360 g/mol. The third kappa shape index (κ3) is 4.14. The van der Waals surface area contributed by atoms with E-state index in [0.29, 0.717) is 13.2 Å². The Bertz CT molecular complexity index is 953. The molecule has 3 rings (SSSR count). The van der Waals surface area contributed by atoms with Crippen LogP contribution in [0, 0.1) is 13.8 Å². The highest BCUT2D eigenvalue weighted by molar-refractivity contribution is 6.06. The van der Waals surface area contributed by atoms with E-state index in [4.69, 9.17) is 13.9 Å². The number of ether oxygens (including phenoxy) is 2. The molecule has 2 aromatic carbocycles. The number of hydrogen-bond donors (Lipinski definition) is 0. The molecule has 138 valence electrons. The Morgan fingerprint density at radius 1 is 0.778 bits per heavy atom. The van der Waals surface area contributed by atoms with Gasteiger partial charge >= 0.3 is 0 Å². The first-order valence-electron chi connectivity index (χ1n) is 8.92. The molecule has 0 atom stereocenters. The number of furan rings is 1. The predicted molar refractivity (Wildman–Crippen MR) is 113 cm³/mol. The van der Waals surface area contributed by atoms with Crippen LogP contribution >= 0.6 is 0 Å². The lowest BCUT2D eigenvalue weighted by atomic mass is 10.1. The van der Waals surface area contributed by atoms with E-state index in [9.17, 15) is 0 Å². The summed E-state index contributed by atoms with van der Waals surface area (Å²) in [6, 6.07) is 8.11. The van der Waals surface area contributed by atoms with Crippen LogP contribution in [0.5, 0.6) is 11.5 Å². The minimum atomic E-state index is 0.497. The number of allylic oxidation sites excluding steroid dienone is 4. The van der Waals surface area contributed by atoms with Gasteiger partial charge in [-0.2, -0.15) is 0 Å². The van der Waals surface area contributed by atoms with Crippen molar-refractivity contribution in [1.82, 2.24) is 0 Å². The zero-order chi connectivity index (χ0) is 19.2. The van der Waals surface area contributed by atoms with Crippen LogP contribution in [0.25, 0.3) is 21.9 Å². The van der Waals surface area contributed by atoms with Crippen LogP contribution in [0.2, 0.25) is 0 Å². The van der Waals surface area contributed by atoms with Crippen molar-refractivity contribution in [2.24, 2.45) is 0 Å². The standard InChI is InChI=1S/C24H24O3/c1-5-7-9-11-25-21-15-19-20-16-22(26-12-10-8-6-2)18(4)14-24(20)27-23(19)13-17(21)3/h5-10,13-16H,1-2,11-12H2,3-4H3. The highest BCUT2D eigenvalue weighted by Gasteiger charge is 2.13. The van der Waals surface area contributed by atoms with Gasteiger partial charge in [0.15, 0.2) is 0 Å². The second-order valence-electron chi connectivity index (χ2n) is 6.28. The third-order valence-corrected chi connectivity index (χ3v) is 4.28. The van der Waals surface area contributed by atoms with E-state index in [1.54, 1.807) is 12.2 Å². The van der Waals surface area contributed by atoms with Gasteiger partial charge in [0.1, 0.15) is 35.9 Å². The average Bonchev–Trinajstić information content (AvgIpc) is 2.98. The van der Waals surface area contributed by atoms with Gasteiger partial charge in [-0.3, -0.25) is 0 Å². The zero-order valence-corrected chi connectivity index (χ0v) is 15.8. The van der Waals surface area contributed by atoms with Crippen LogP contribution in [0.4, 0.5) is 0 Å². The molecule has 0 unspecified atom stereocenters. The summed E-state index contributed by atoms with van der Waals surface area (Å²) in [6.07, 6.45) is 11.1. The van der Waals surface area contributed by atoms with Crippen LogP contribution in [-0.4, -0.2) is 13.2 Å². The van der Waals surface area contributed by atoms with Gasteiger partial charge in [-0.05, 0) is 61.4 Å². The van der Waals surface area contributed by atoms with Gasteiger partial charge < -0.3 is 13.9 Å². The normalized spacial score (nSPS) is 11.6. The molecule has 3 aromatic rings. The molecule has 0 fully saturated rings. The van der Waals surface area contributed by atoms with Crippen molar-refractivity contribution < 1.29 is 13.9 Å². The fourth-order valence-electron chi connectivity index (χ4n) is 2.92. The lowest BCUT2D eigenvalue weighted by molar-refractivity contribution is 0.360. The van der Waals surface area contributed by atoms with Crippen molar-refractivity contribution in [1.29, 1.82) is 0 Å². The summed E-state index contributed by atoms with van der Waals surface area (Å²) in [6.45, 7) is 12.4. The summed E-state index contributed by atoms with van der Waals surface area (Å²) in [5, 5.41) is 2.04. The quantitative estimate of drug-likeness (QED) is 0.433. The molecule has 0 radical (unpaired) electrons. The molecule has 0 amide bonds. The Balaban J connectivity index is 1.98. The maximum Gasteiger partial charge on any atom is 0.135 e. The van der Waals surface area contributed by atoms with Crippen LogP contribution < -0.4 is 9.47 Å². The molecule has 0 bridgehead atoms. The van der Waals surface area contributed by atoms with E-state index in [1.807, 2.05) is 62.4 Å². The second-order valence-corrected chi connectivity index (χ2v) is 6.28. The Kier molecular flexibility index (Phi) is 5.82. The molecule has 0 aliphatic carbocycles. The Labute approximate surface area is 159 Å². The molecule has 0 saturated carbocycles. The van der Waals surface area contributed by atoms with Gasteiger partial charge in [0.05, 0.1) is 0 Å². The van der Waals surface area contributed by atoms with Gasteiger partial charge in [-0.15, -0.1) is 0 Å². The maximum atomic E-state index is 6.04. The summed E-state index contributed by atoms with van der Waals surface area (Å²) in [5.41, 5.74) is 3.77. The fourth-order valence-corrected chi connectivity index (χ4v) is 2.92. The third-order valence-electron chi connectivity index (χ3n) is 4.28. The molecular weight excluding hydrogens is 336 g/mol. The second kappa shape index (κ2) is 8.45. The summed E-state index contributed by atoms with van der Waals surface area (Å²) in [4.78, 5) is 0. The van der Waals surface area contributed by atoms with Crippen molar-refractivity contribution in [2.75, 3.05) is 13.2 Å². The van der Waals surface area contributed by atoms with Crippen molar-refractivity contribution in [3.63, 3.8) is 0 Å². The van der Waals surface area contributed by atoms with Gasteiger partial charge in [0, 0.05) is 10.8 Å². The first kappa shape index (κ1) is 18.6. The lowest BCUT2D eigenvalue weighted by Crippen LogP contribution is -1.95. The van der Waals surface area contributed by atoms with Crippen molar-refractivity contribution in [3.8, 4) is 11.5 Å². The lowest BCUT2D eigenvalue weighted by Gasteiger charge is -2.08. The van der Waals surface area contributed by atoms with Crippen LogP contribution in [0.15, 0.2) is 78.3 Å². The molecule has 0 aliphatic heterocycles. The van der Waals surface area contributed by atoms with Gasteiger partial charge in [0.2, 0.25) is 0 Å². The topological polar surface area (TPSA) is 31.6 Å². The van der Waals surface area contributed by atoms with E-state index in [-0.39, 0.29) is 0 Å². The first-order valence-corrected chi connectivity index (χ1v) is 8.92.